The number of nitrogens with one attached hydrogen (secondary N) is 1. The van der Waals surface area contributed by atoms with E-state index >= 15 is 0 Å². The molecule has 0 unspecified atom stereocenters. The van der Waals surface area contributed by atoms with Crippen LogP contribution in [0.25, 0.3) is 0 Å². The summed E-state index contributed by atoms with van der Waals surface area (Å²) in [6.07, 6.45) is 2.24. The normalized spacial score (nSPS) is 19.5. The minimum Gasteiger partial charge on any atom is -0.465 e. The van der Waals surface area contributed by atoms with Crippen LogP contribution in [0.1, 0.15) is 75.9 Å². The molecule has 0 spiro atoms. The molecule has 0 aromatic carbocycles. The van der Waals surface area contributed by atoms with Crippen molar-refractivity contribution in [1.29, 1.82) is 0 Å². The van der Waals surface area contributed by atoms with Gasteiger partial charge in [0, 0.05) is 41.5 Å². The van der Waals surface area contributed by atoms with E-state index in [9.17, 15) is 0 Å². The van der Waals surface area contributed by atoms with Gasteiger partial charge in [-0.1, -0.05) is 0 Å². The van der Waals surface area contributed by atoms with E-state index in [2.05, 4.69) is 75.5 Å². The van der Waals surface area contributed by atoms with Gasteiger partial charge in [-0.15, -0.1) is 0 Å². The summed E-state index contributed by atoms with van der Waals surface area (Å²) in [5.41, 5.74) is 4.02. The Labute approximate surface area is 170 Å². The fourth-order valence-corrected chi connectivity index (χ4v) is 5.08. The van der Waals surface area contributed by atoms with Crippen molar-refractivity contribution in [2.24, 2.45) is 0 Å². The highest BCUT2D eigenvalue weighted by Gasteiger charge is 2.40. The fraction of sp³-hybridized carbons (Fsp3) is 0.696. The second-order valence-electron chi connectivity index (χ2n) is 9.84. The molecule has 2 aromatic rings. The van der Waals surface area contributed by atoms with Gasteiger partial charge in [0.05, 0.1) is 12.2 Å². The van der Waals surface area contributed by atoms with E-state index in [1.54, 1.807) is 0 Å². The quantitative estimate of drug-likeness (QED) is 0.779. The summed E-state index contributed by atoms with van der Waals surface area (Å²) in [5, 5.41) is 8.57. The van der Waals surface area contributed by atoms with Gasteiger partial charge < -0.3 is 9.73 Å². The van der Waals surface area contributed by atoms with E-state index in [0.29, 0.717) is 6.04 Å². The van der Waals surface area contributed by atoms with E-state index in [4.69, 9.17) is 9.52 Å². The van der Waals surface area contributed by atoms with E-state index in [1.807, 2.05) is 6.92 Å². The van der Waals surface area contributed by atoms with Gasteiger partial charge in [-0.25, -0.2) is 0 Å². The van der Waals surface area contributed by atoms with Crippen LogP contribution in [-0.4, -0.2) is 31.8 Å². The first-order valence-corrected chi connectivity index (χ1v) is 10.6. The molecule has 0 atom stereocenters. The van der Waals surface area contributed by atoms with E-state index in [0.717, 1.165) is 49.7 Å². The van der Waals surface area contributed by atoms with Crippen molar-refractivity contribution in [3.05, 3.63) is 40.6 Å². The van der Waals surface area contributed by atoms with Crippen LogP contribution in [0.15, 0.2) is 16.5 Å². The Morgan fingerprint density at radius 1 is 1.11 bits per heavy atom. The van der Waals surface area contributed by atoms with Crippen LogP contribution in [0.5, 0.6) is 0 Å². The lowest BCUT2D eigenvalue weighted by atomic mass is 9.79. The van der Waals surface area contributed by atoms with Crippen LogP contribution in [0.4, 0.5) is 0 Å². The van der Waals surface area contributed by atoms with Crippen molar-refractivity contribution in [3.8, 4) is 0 Å². The first-order valence-electron chi connectivity index (χ1n) is 10.6. The summed E-state index contributed by atoms with van der Waals surface area (Å²) >= 11 is 0. The third-order valence-electron chi connectivity index (χ3n) is 6.03. The topological polar surface area (TPSA) is 46.2 Å². The van der Waals surface area contributed by atoms with Gasteiger partial charge in [-0.2, -0.15) is 5.10 Å². The summed E-state index contributed by atoms with van der Waals surface area (Å²) < 4.78 is 8.08. The highest BCUT2D eigenvalue weighted by molar-refractivity contribution is 5.25. The number of hydrogen-bond acceptors (Lipinski definition) is 4. The number of nitrogens with zero attached hydrogens (tertiary/aromatic N) is 3. The Morgan fingerprint density at radius 2 is 1.75 bits per heavy atom. The van der Waals surface area contributed by atoms with Gasteiger partial charge in [-0.3, -0.25) is 9.58 Å². The fourth-order valence-electron chi connectivity index (χ4n) is 5.08. The molecule has 3 rings (SSSR count). The molecular formula is C23H38N4O. The Hall–Kier alpha value is -1.59. The largest absolute Gasteiger partial charge is 0.465 e. The number of piperidine rings is 1. The Morgan fingerprint density at radius 3 is 2.25 bits per heavy atom. The van der Waals surface area contributed by atoms with Gasteiger partial charge in [0.15, 0.2) is 0 Å². The predicted molar refractivity (Wildman–Crippen MR) is 114 cm³/mol. The molecule has 0 radical (unpaired) electrons. The minimum atomic E-state index is 0.113. The predicted octanol–water partition coefficient (Wildman–Crippen LogP) is 4.73. The number of hydrogen-bond donors (Lipinski definition) is 1. The van der Waals surface area contributed by atoms with Crippen LogP contribution >= 0.6 is 0 Å². The Bertz CT molecular complexity index is 799. The highest BCUT2D eigenvalue weighted by atomic mass is 16.3. The zero-order valence-corrected chi connectivity index (χ0v) is 19.0. The molecule has 1 aliphatic heterocycles. The first-order chi connectivity index (χ1) is 13.0. The molecule has 28 heavy (non-hydrogen) atoms. The standard InChI is InChI=1S/C23H38N4O/c1-9-27-18(4)21(17(3)24-27)15-26(14-20-11-10-16(2)28-20)19-12-22(5,6)25-23(7,8)13-19/h10-11,19,25H,9,12-15H2,1-8H3. The molecule has 156 valence electrons. The van der Waals surface area contributed by atoms with Crippen LogP contribution in [-0.2, 0) is 19.6 Å². The molecule has 1 N–H and O–H groups in total. The molecule has 2 aromatic heterocycles. The smallest absolute Gasteiger partial charge is 0.118 e. The van der Waals surface area contributed by atoms with Crippen molar-refractivity contribution in [1.82, 2.24) is 20.0 Å². The number of furan rings is 1. The lowest BCUT2D eigenvalue weighted by molar-refractivity contribution is 0.0519. The highest BCUT2D eigenvalue weighted by Crippen LogP contribution is 2.33. The van der Waals surface area contributed by atoms with Gasteiger partial charge in [0.2, 0.25) is 0 Å². The maximum absolute atomic E-state index is 5.96. The summed E-state index contributed by atoms with van der Waals surface area (Å²) in [5.74, 6) is 2.02. The van der Waals surface area contributed by atoms with E-state index < -0.39 is 0 Å². The van der Waals surface area contributed by atoms with Gasteiger partial charge in [-0.05, 0) is 80.4 Å². The monoisotopic (exact) mass is 386 g/mol. The van der Waals surface area contributed by atoms with Crippen LogP contribution in [0.2, 0.25) is 0 Å². The van der Waals surface area contributed by atoms with Gasteiger partial charge in [0.1, 0.15) is 11.5 Å². The van der Waals surface area contributed by atoms with Crippen molar-refractivity contribution in [3.63, 3.8) is 0 Å². The second kappa shape index (κ2) is 7.68. The zero-order chi connectivity index (χ0) is 20.7. The molecule has 0 aliphatic carbocycles. The summed E-state index contributed by atoms with van der Waals surface area (Å²) in [6.45, 7) is 20.5. The summed E-state index contributed by atoms with van der Waals surface area (Å²) in [6, 6.07) is 4.67. The molecular weight excluding hydrogens is 348 g/mol. The third kappa shape index (κ3) is 4.69. The van der Waals surface area contributed by atoms with Crippen LogP contribution < -0.4 is 5.32 Å². The van der Waals surface area contributed by atoms with E-state index in [-0.39, 0.29) is 11.1 Å². The molecule has 0 amide bonds. The van der Waals surface area contributed by atoms with Crippen molar-refractivity contribution in [2.45, 2.75) is 105 Å². The van der Waals surface area contributed by atoms with Crippen LogP contribution in [0.3, 0.4) is 0 Å². The Kier molecular flexibility index (Phi) is 5.79. The molecule has 0 saturated carbocycles. The lowest BCUT2D eigenvalue weighted by Gasteiger charge is -2.49. The minimum absolute atomic E-state index is 0.113. The lowest BCUT2D eigenvalue weighted by Crippen LogP contribution is -2.62. The van der Waals surface area contributed by atoms with Crippen molar-refractivity contribution >= 4 is 0 Å². The van der Waals surface area contributed by atoms with Crippen molar-refractivity contribution < 1.29 is 4.42 Å². The van der Waals surface area contributed by atoms with E-state index in [1.165, 1.54) is 11.3 Å². The number of rotatable bonds is 6. The number of aromatic nitrogens is 2. The SMILES string of the molecule is CCn1nc(C)c(CN(Cc2ccc(C)o2)C2CC(C)(C)NC(C)(C)C2)c1C. The van der Waals surface area contributed by atoms with Crippen molar-refractivity contribution in [2.75, 3.05) is 0 Å². The molecule has 5 heteroatoms. The zero-order valence-electron chi connectivity index (χ0n) is 19.0. The second-order valence-corrected chi connectivity index (χ2v) is 9.84. The molecule has 0 bridgehead atoms. The Balaban J connectivity index is 1.92. The van der Waals surface area contributed by atoms with Gasteiger partial charge >= 0.3 is 0 Å². The average molecular weight is 387 g/mol. The first kappa shape index (κ1) is 21.1. The molecule has 1 aliphatic rings. The third-order valence-corrected chi connectivity index (χ3v) is 6.03. The maximum Gasteiger partial charge on any atom is 0.118 e. The molecule has 1 fully saturated rings. The molecule has 3 heterocycles. The molecule has 1 saturated heterocycles. The van der Waals surface area contributed by atoms with Crippen LogP contribution in [0, 0.1) is 20.8 Å². The average Bonchev–Trinajstić information content (AvgIpc) is 3.08. The van der Waals surface area contributed by atoms with Gasteiger partial charge in [0.25, 0.3) is 0 Å². The summed E-state index contributed by atoms with van der Waals surface area (Å²) in [4.78, 5) is 2.61. The molecule has 5 nitrogen and oxygen atoms in total. The summed E-state index contributed by atoms with van der Waals surface area (Å²) in [7, 11) is 0. The number of aryl methyl sites for hydroxylation is 3. The maximum atomic E-state index is 5.96.